The van der Waals surface area contributed by atoms with Crippen LogP contribution in [-0.2, 0) is 21.5 Å². The number of hydrogen-bond donors (Lipinski definition) is 0. The van der Waals surface area contributed by atoms with E-state index in [1.807, 2.05) is 49.4 Å². The van der Waals surface area contributed by atoms with Crippen molar-refractivity contribution in [3.05, 3.63) is 105 Å². The molecule has 0 spiro atoms. The molecule has 0 aromatic heterocycles. The molecular formula is C30H24BrNO6S2. The number of imide groups is 1. The van der Waals surface area contributed by atoms with E-state index in [1.165, 1.54) is 17.0 Å². The van der Waals surface area contributed by atoms with E-state index in [0.29, 0.717) is 10.0 Å². The Bertz CT molecular complexity index is 1760. The number of carbonyl (C=O) groups is 2. The van der Waals surface area contributed by atoms with Gasteiger partial charge in [0.05, 0.1) is 22.5 Å². The molecule has 0 saturated carbocycles. The summed E-state index contributed by atoms with van der Waals surface area (Å²) in [5.74, 6) is -0.239. The van der Waals surface area contributed by atoms with E-state index in [0.717, 1.165) is 33.7 Å². The van der Waals surface area contributed by atoms with Gasteiger partial charge in [0, 0.05) is 0 Å². The van der Waals surface area contributed by atoms with E-state index in [4.69, 9.17) is 8.92 Å². The molecular weight excluding hydrogens is 614 g/mol. The first-order valence-electron chi connectivity index (χ1n) is 12.4. The number of aryl methyl sites for hydroxylation is 1. The Hall–Kier alpha value is -3.60. The second kappa shape index (κ2) is 11.5. The van der Waals surface area contributed by atoms with Crippen molar-refractivity contribution in [2.24, 2.45) is 0 Å². The Labute approximate surface area is 245 Å². The Morgan fingerprint density at radius 1 is 0.975 bits per heavy atom. The van der Waals surface area contributed by atoms with Gasteiger partial charge in [-0.15, -0.1) is 0 Å². The van der Waals surface area contributed by atoms with Crippen molar-refractivity contribution in [2.45, 2.75) is 25.3 Å². The van der Waals surface area contributed by atoms with E-state index in [2.05, 4.69) is 15.9 Å². The molecule has 0 N–H and O–H groups in total. The van der Waals surface area contributed by atoms with Crippen LogP contribution in [0.4, 0.5) is 4.79 Å². The van der Waals surface area contributed by atoms with Crippen LogP contribution in [0.1, 0.15) is 23.6 Å². The fraction of sp³-hybridized carbons (Fsp3) is 0.133. The van der Waals surface area contributed by atoms with Crippen molar-refractivity contribution in [1.82, 2.24) is 4.90 Å². The molecule has 40 heavy (non-hydrogen) atoms. The highest BCUT2D eigenvalue weighted by Gasteiger charge is 2.35. The lowest BCUT2D eigenvalue weighted by Gasteiger charge is -2.15. The van der Waals surface area contributed by atoms with Crippen molar-refractivity contribution in [3.63, 3.8) is 0 Å². The molecule has 1 aliphatic heterocycles. The number of rotatable bonds is 8. The third-order valence-electron chi connectivity index (χ3n) is 6.21. The van der Waals surface area contributed by atoms with Gasteiger partial charge in [0.15, 0.2) is 11.5 Å². The van der Waals surface area contributed by atoms with Crippen LogP contribution in [0.25, 0.3) is 16.8 Å². The number of fused-ring (bicyclic) bond motifs is 1. The highest BCUT2D eigenvalue weighted by atomic mass is 79.9. The summed E-state index contributed by atoms with van der Waals surface area (Å²) in [5.41, 5.74) is 2.33. The average molecular weight is 639 g/mol. The van der Waals surface area contributed by atoms with Gasteiger partial charge in [-0.1, -0.05) is 60.2 Å². The van der Waals surface area contributed by atoms with Crippen molar-refractivity contribution >= 4 is 65.8 Å². The summed E-state index contributed by atoms with van der Waals surface area (Å²) in [4.78, 5) is 27.6. The first-order valence-corrected chi connectivity index (χ1v) is 15.4. The van der Waals surface area contributed by atoms with Gasteiger partial charge in [0.1, 0.15) is 4.90 Å². The first kappa shape index (κ1) is 27.9. The molecule has 0 radical (unpaired) electrons. The van der Waals surface area contributed by atoms with Crippen LogP contribution in [0.5, 0.6) is 11.5 Å². The van der Waals surface area contributed by atoms with Crippen molar-refractivity contribution < 1.29 is 26.9 Å². The third-order valence-corrected chi connectivity index (χ3v) is 8.95. The zero-order chi connectivity index (χ0) is 28.4. The molecule has 4 aromatic rings. The van der Waals surface area contributed by atoms with Crippen LogP contribution in [-0.4, -0.2) is 31.1 Å². The molecule has 0 atom stereocenters. The van der Waals surface area contributed by atoms with E-state index >= 15 is 0 Å². The maximum atomic E-state index is 13.3. The summed E-state index contributed by atoms with van der Waals surface area (Å²) < 4.78 is 37.3. The molecule has 7 nitrogen and oxygen atoms in total. The molecule has 10 heteroatoms. The average Bonchev–Trinajstić information content (AvgIpc) is 3.18. The smallest absolute Gasteiger partial charge is 0.339 e. The molecule has 0 bridgehead atoms. The van der Waals surface area contributed by atoms with E-state index < -0.39 is 16.0 Å². The molecule has 5 rings (SSSR count). The minimum absolute atomic E-state index is 0.0105. The number of nitrogens with zero attached hydrogens (tertiary/aromatic N) is 1. The van der Waals surface area contributed by atoms with Crippen molar-refractivity contribution in [2.75, 3.05) is 6.61 Å². The molecule has 0 aliphatic carbocycles. The molecule has 4 aromatic carbocycles. The lowest BCUT2D eigenvalue weighted by molar-refractivity contribution is -0.123. The monoisotopic (exact) mass is 637 g/mol. The van der Waals surface area contributed by atoms with Crippen LogP contribution < -0.4 is 8.92 Å². The first-order chi connectivity index (χ1) is 19.2. The van der Waals surface area contributed by atoms with Gasteiger partial charge in [-0.2, -0.15) is 8.42 Å². The number of thioether (sulfide) groups is 1. The maximum absolute atomic E-state index is 13.3. The fourth-order valence-corrected chi connectivity index (χ4v) is 6.71. The Balaban J connectivity index is 1.43. The van der Waals surface area contributed by atoms with Crippen molar-refractivity contribution in [3.8, 4) is 11.5 Å². The summed E-state index contributed by atoms with van der Waals surface area (Å²) in [6.07, 6.45) is 1.58. The summed E-state index contributed by atoms with van der Waals surface area (Å²) in [6.45, 7) is 4.02. The molecule has 0 unspecified atom stereocenters. The Kier molecular flexibility index (Phi) is 8.02. The molecule has 1 saturated heterocycles. The second-order valence-electron chi connectivity index (χ2n) is 9.02. The lowest BCUT2D eigenvalue weighted by atomic mass is 10.0. The topological polar surface area (TPSA) is 90.0 Å². The Morgan fingerprint density at radius 3 is 2.45 bits per heavy atom. The van der Waals surface area contributed by atoms with Gasteiger partial charge in [0.2, 0.25) is 0 Å². The van der Waals surface area contributed by atoms with Gasteiger partial charge in [-0.05, 0) is 93.8 Å². The third kappa shape index (κ3) is 5.79. The van der Waals surface area contributed by atoms with Gasteiger partial charge < -0.3 is 8.92 Å². The summed E-state index contributed by atoms with van der Waals surface area (Å²) in [6, 6.07) is 23.1. The van der Waals surface area contributed by atoms with Crippen molar-refractivity contribution in [1.29, 1.82) is 0 Å². The zero-order valence-corrected chi connectivity index (χ0v) is 24.8. The second-order valence-corrected chi connectivity index (χ2v) is 12.4. The molecule has 1 heterocycles. The predicted octanol–water partition coefficient (Wildman–Crippen LogP) is 7.31. The lowest BCUT2D eigenvalue weighted by Crippen LogP contribution is -2.27. The summed E-state index contributed by atoms with van der Waals surface area (Å²) in [7, 11) is -4.13. The standard InChI is InChI=1S/C30H24BrNO6S2/c1-3-37-26-16-20(15-25(31)28(26)38-40(35,36)23-13-11-19(2)12-14-23)17-27-29(33)32(30(34)39-27)18-22-9-6-8-21-7-4-5-10-24(21)22/h4-17H,3,18H2,1-2H3/b27-17-. The minimum atomic E-state index is -4.13. The molecule has 2 amide bonds. The van der Waals surface area contributed by atoms with Crippen LogP contribution in [0, 0.1) is 6.92 Å². The van der Waals surface area contributed by atoms with Gasteiger partial charge in [-0.3, -0.25) is 14.5 Å². The van der Waals surface area contributed by atoms with E-state index in [1.54, 1.807) is 37.3 Å². The Morgan fingerprint density at radius 2 is 1.70 bits per heavy atom. The SMILES string of the molecule is CCOc1cc(/C=C2\SC(=O)N(Cc3cccc4ccccc34)C2=O)cc(Br)c1OS(=O)(=O)c1ccc(C)cc1. The number of halogens is 1. The number of ether oxygens (including phenoxy) is 1. The highest BCUT2D eigenvalue weighted by Crippen LogP contribution is 2.41. The summed E-state index contributed by atoms with van der Waals surface area (Å²) in [5, 5.41) is 1.65. The van der Waals surface area contributed by atoms with Gasteiger partial charge >= 0.3 is 10.1 Å². The van der Waals surface area contributed by atoms with Gasteiger partial charge in [-0.25, -0.2) is 0 Å². The largest absolute Gasteiger partial charge is 0.490 e. The predicted molar refractivity (Wildman–Crippen MR) is 160 cm³/mol. The number of benzene rings is 4. The van der Waals surface area contributed by atoms with Crippen LogP contribution in [0.15, 0.2) is 93.1 Å². The normalized spacial score (nSPS) is 14.8. The highest BCUT2D eigenvalue weighted by molar-refractivity contribution is 9.10. The van der Waals surface area contributed by atoms with Crippen LogP contribution in [0.2, 0.25) is 0 Å². The molecule has 1 aliphatic rings. The minimum Gasteiger partial charge on any atom is -0.490 e. The maximum Gasteiger partial charge on any atom is 0.339 e. The van der Waals surface area contributed by atoms with E-state index in [9.17, 15) is 18.0 Å². The van der Waals surface area contributed by atoms with Crippen LogP contribution in [0.3, 0.4) is 0 Å². The fourth-order valence-electron chi connectivity index (χ4n) is 4.27. The molecule has 1 fully saturated rings. The van der Waals surface area contributed by atoms with Crippen LogP contribution >= 0.6 is 27.7 Å². The zero-order valence-electron chi connectivity index (χ0n) is 21.6. The number of carbonyl (C=O) groups excluding carboxylic acids is 2. The van der Waals surface area contributed by atoms with Gasteiger partial charge in [0.25, 0.3) is 11.1 Å². The van der Waals surface area contributed by atoms with E-state index in [-0.39, 0.29) is 39.7 Å². The molecule has 204 valence electrons. The summed E-state index contributed by atoms with van der Waals surface area (Å²) >= 11 is 4.25. The quantitative estimate of drug-likeness (QED) is 0.148. The number of amides is 2. The number of hydrogen-bond acceptors (Lipinski definition) is 7.